The summed E-state index contributed by atoms with van der Waals surface area (Å²) in [6, 6.07) is 0. The molecule has 3 saturated carbocycles. The lowest BCUT2D eigenvalue weighted by Gasteiger charge is -2.36. The van der Waals surface area contributed by atoms with Crippen LogP contribution in [0.4, 0.5) is 0 Å². The van der Waals surface area contributed by atoms with Crippen molar-refractivity contribution < 1.29 is 4.74 Å². The highest BCUT2D eigenvalue weighted by Gasteiger charge is 2.60. The van der Waals surface area contributed by atoms with E-state index in [1.54, 1.807) is 0 Å². The molecule has 0 aliphatic heterocycles. The van der Waals surface area contributed by atoms with Crippen LogP contribution in [0.15, 0.2) is 12.2 Å². The van der Waals surface area contributed by atoms with Crippen LogP contribution in [0.1, 0.15) is 39.0 Å². The fourth-order valence-corrected chi connectivity index (χ4v) is 5.83. The topological polar surface area (TPSA) is 9.23 Å². The fourth-order valence-electron chi connectivity index (χ4n) is 5.83. The van der Waals surface area contributed by atoms with Crippen LogP contribution in [0.3, 0.4) is 0 Å². The third kappa shape index (κ3) is 1.56. The summed E-state index contributed by atoms with van der Waals surface area (Å²) in [5.74, 6) is 7.03. The van der Waals surface area contributed by atoms with Gasteiger partial charge in [0, 0.05) is 13.2 Å². The van der Waals surface area contributed by atoms with Crippen LogP contribution in [0.2, 0.25) is 0 Å². The second-order valence-corrected chi connectivity index (χ2v) is 7.19. The maximum Gasteiger partial charge on any atom is 0.0497 e. The zero-order valence-electron chi connectivity index (χ0n) is 11.6. The number of allylic oxidation sites excluding steroid dienone is 2. The van der Waals surface area contributed by atoms with Gasteiger partial charge < -0.3 is 4.74 Å². The van der Waals surface area contributed by atoms with Gasteiger partial charge in [0.15, 0.2) is 0 Å². The van der Waals surface area contributed by atoms with E-state index in [9.17, 15) is 0 Å². The number of ether oxygens (including phenoxy) is 1. The van der Waals surface area contributed by atoms with Crippen molar-refractivity contribution >= 4 is 0 Å². The smallest absolute Gasteiger partial charge is 0.0497 e. The Hall–Kier alpha value is -0.300. The minimum atomic E-state index is 0.904. The summed E-state index contributed by atoms with van der Waals surface area (Å²) in [6.45, 7) is 4.29. The van der Waals surface area contributed by atoms with Crippen molar-refractivity contribution in [2.45, 2.75) is 39.0 Å². The fraction of sp³-hybridized carbons (Fsp3) is 0.882. The normalized spacial score (nSPS) is 51.3. The maximum absolute atomic E-state index is 5.92. The number of fused-ring (bicyclic) bond motifs is 9. The van der Waals surface area contributed by atoms with Gasteiger partial charge in [-0.15, -0.1) is 0 Å². The zero-order valence-corrected chi connectivity index (χ0v) is 11.6. The highest BCUT2D eigenvalue weighted by Crippen LogP contribution is 2.66. The van der Waals surface area contributed by atoms with Crippen LogP contribution in [0.5, 0.6) is 0 Å². The predicted octanol–water partition coefficient (Wildman–Crippen LogP) is 3.90. The van der Waals surface area contributed by atoms with Crippen LogP contribution in [0, 0.1) is 41.4 Å². The summed E-state index contributed by atoms with van der Waals surface area (Å²) in [5, 5.41) is 0. The Morgan fingerprint density at radius 3 is 2.72 bits per heavy atom. The van der Waals surface area contributed by atoms with Gasteiger partial charge in [-0.3, -0.25) is 0 Å². The molecule has 18 heavy (non-hydrogen) atoms. The van der Waals surface area contributed by atoms with Crippen LogP contribution in [-0.2, 0) is 4.74 Å². The van der Waals surface area contributed by atoms with Crippen molar-refractivity contribution in [2.75, 3.05) is 13.2 Å². The van der Waals surface area contributed by atoms with Crippen LogP contribution < -0.4 is 0 Å². The van der Waals surface area contributed by atoms with Crippen molar-refractivity contribution in [1.82, 2.24) is 0 Å². The summed E-state index contributed by atoms with van der Waals surface area (Å²) < 4.78 is 5.92. The molecule has 0 spiro atoms. The van der Waals surface area contributed by atoms with Gasteiger partial charge in [0.2, 0.25) is 0 Å². The van der Waals surface area contributed by atoms with E-state index in [2.05, 4.69) is 19.1 Å². The second-order valence-electron chi connectivity index (χ2n) is 7.19. The number of hydrogen-bond acceptors (Lipinski definition) is 1. The third-order valence-corrected chi connectivity index (χ3v) is 6.38. The predicted molar refractivity (Wildman–Crippen MR) is 73.1 cm³/mol. The van der Waals surface area contributed by atoms with Gasteiger partial charge in [0.25, 0.3) is 0 Å². The van der Waals surface area contributed by atoms with E-state index in [0.29, 0.717) is 0 Å². The van der Waals surface area contributed by atoms with Gasteiger partial charge in [-0.2, -0.15) is 0 Å². The molecule has 4 aliphatic carbocycles. The molecule has 1 nitrogen and oxygen atoms in total. The zero-order chi connectivity index (χ0) is 12.1. The van der Waals surface area contributed by atoms with Crippen molar-refractivity contribution in [2.24, 2.45) is 41.4 Å². The third-order valence-electron chi connectivity index (χ3n) is 6.38. The minimum Gasteiger partial charge on any atom is -0.381 e. The molecule has 0 aromatic heterocycles. The molecule has 4 bridgehead atoms. The SMILES string of the molecule is CCCCOCC1CC2CC1C1C3C=CC(C3)C21. The molecule has 0 heterocycles. The van der Waals surface area contributed by atoms with Gasteiger partial charge >= 0.3 is 0 Å². The molecule has 0 amide bonds. The van der Waals surface area contributed by atoms with Gasteiger partial charge in [0.1, 0.15) is 0 Å². The van der Waals surface area contributed by atoms with Crippen LogP contribution >= 0.6 is 0 Å². The second kappa shape index (κ2) is 4.37. The molecular formula is C17H26O. The summed E-state index contributed by atoms with van der Waals surface area (Å²) in [7, 11) is 0. The highest BCUT2D eigenvalue weighted by atomic mass is 16.5. The first-order valence-corrected chi connectivity index (χ1v) is 8.14. The average molecular weight is 246 g/mol. The van der Waals surface area contributed by atoms with E-state index in [1.807, 2.05) is 0 Å². The monoisotopic (exact) mass is 246 g/mol. The molecule has 0 saturated heterocycles. The van der Waals surface area contributed by atoms with Crippen LogP contribution in [0.25, 0.3) is 0 Å². The average Bonchev–Trinajstić information content (AvgIpc) is 3.10. The number of unbranched alkanes of at least 4 members (excludes halogenated alkanes) is 1. The van der Waals surface area contributed by atoms with Crippen molar-refractivity contribution in [3.05, 3.63) is 12.2 Å². The first kappa shape index (κ1) is 11.5. The minimum absolute atomic E-state index is 0.904. The summed E-state index contributed by atoms with van der Waals surface area (Å²) in [5.41, 5.74) is 0. The Balaban J connectivity index is 1.38. The highest BCUT2D eigenvalue weighted by molar-refractivity contribution is 5.20. The van der Waals surface area contributed by atoms with E-state index in [1.165, 1.54) is 32.1 Å². The Kier molecular flexibility index (Phi) is 2.80. The van der Waals surface area contributed by atoms with Gasteiger partial charge in [0.05, 0.1) is 0 Å². The van der Waals surface area contributed by atoms with E-state index in [0.717, 1.165) is 54.6 Å². The Morgan fingerprint density at radius 2 is 1.89 bits per heavy atom. The molecule has 0 N–H and O–H groups in total. The van der Waals surface area contributed by atoms with Gasteiger partial charge in [-0.1, -0.05) is 25.5 Å². The summed E-state index contributed by atoms with van der Waals surface area (Å²) in [4.78, 5) is 0. The van der Waals surface area contributed by atoms with Gasteiger partial charge in [-0.05, 0) is 67.1 Å². The lowest BCUT2D eigenvalue weighted by molar-refractivity contribution is 0.0458. The van der Waals surface area contributed by atoms with Gasteiger partial charge in [-0.25, -0.2) is 0 Å². The maximum atomic E-state index is 5.92. The molecule has 0 aromatic carbocycles. The van der Waals surface area contributed by atoms with E-state index < -0.39 is 0 Å². The number of hydrogen-bond donors (Lipinski definition) is 0. The van der Waals surface area contributed by atoms with Crippen molar-refractivity contribution in [3.8, 4) is 0 Å². The molecule has 100 valence electrons. The lowest BCUT2D eigenvalue weighted by atomic mass is 9.69. The van der Waals surface area contributed by atoms with E-state index in [4.69, 9.17) is 4.74 Å². The molecule has 7 atom stereocenters. The molecule has 0 radical (unpaired) electrons. The molecule has 4 aliphatic rings. The molecule has 0 aromatic rings. The Morgan fingerprint density at radius 1 is 1.06 bits per heavy atom. The molecule has 1 heteroatoms. The molecule has 3 fully saturated rings. The molecule has 4 rings (SSSR count). The number of rotatable bonds is 5. The first-order valence-electron chi connectivity index (χ1n) is 8.14. The molecular weight excluding hydrogens is 220 g/mol. The Bertz CT molecular complexity index is 348. The van der Waals surface area contributed by atoms with Crippen molar-refractivity contribution in [1.29, 1.82) is 0 Å². The van der Waals surface area contributed by atoms with E-state index >= 15 is 0 Å². The summed E-state index contributed by atoms with van der Waals surface area (Å²) >= 11 is 0. The summed E-state index contributed by atoms with van der Waals surface area (Å²) in [6.07, 6.45) is 12.1. The quantitative estimate of drug-likeness (QED) is 0.406. The molecule has 7 unspecified atom stereocenters. The lowest BCUT2D eigenvalue weighted by Crippen LogP contribution is -2.32. The van der Waals surface area contributed by atoms with Crippen molar-refractivity contribution in [3.63, 3.8) is 0 Å². The largest absolute Gasteiger partial charge is 0.381 e. The standard InChI is InChI=1S/C17H26O/c1-2-3-6-18-10-14-8-13-9-15(14)17-12-5-4-11(7-12)16(13)17/h4-5,11-17H,2-3,6-10H2,1H3. The first-order chi connectivity index (χ1) is 8.88. The van der Waals surface area contributed by atoms with Crippen LogP contribution in [-0.4, -0.2) is 13.2 Å². The van der Waals surface area contributed by atoms with E-state index in [-0.39, 0.29) is 0 Å². The Labute approximate surface area is 111 Å².